The average Bonchev–Trinajstić information content (AvgIpc) is 2.28. The van der Waals surface area contributed by atoms with Crippen LogP contribution in [0.3, 0.4) is 0 Å². The summed E-state index contributed by atoms with van der Waals surface area (Å²) in [6, 6.07) is 0.0643. The van der Waals surface area contributed by atoms with E-state index in [1.165, 1.54) is 0 Å². The van der Waals surface area contributed by atoms with Crippen molar-refractivity contribution >= 4 is 5.97 Å². The van der Waals surface area contributed by atoms with Crippen LogP contribution in [0.2, 0.25) is 0 Å². The number of hydrogen-bond donors (Lipinski definition) is 1. The first-order chi connectivity index (χ1) is 7.97. The van der Waals surface area contributed by atoms with Crippen LogP contribution >= 0.6 is 0 Å². The highest BCUT2D eigenvalue weighted by atomic mass is 16.4. The lowest BCUT2D eigenvalue weighted by Gasteiger charge is -2.39. The van der Waals surface area contributed by atoms with Crippen LogP contribution in [0.4, 0.5) is 0 Å². The zero-order valence-electron chi connectivity index (χ0n) is 11.5. The average molecular weight is 242 g/mol. The molecule has 100 valence electrons. The van der Waals surface area contributed by atoms with Crippen LogP contribution < -0.4 is 0 Å². The molecule has 1 fully saturated rings. The minimum Gasteiger partial charge on any atom is -0.480 e. The van der Waals surface area contributed by atoms with Gasteiger partial charge in [-0.15, -0.1) is 0 Å². The maximum atomic E-state index is 11.3. The Kier molecular flexibility index (Phi) is 5.40. The molecule has 4 heteroatoms. The molecule has 0 aromatic carbocycles. The molecule has 1 heterocycles. The third kappa shape index (κ3) is 3.68. The number of piperidine rings is 1. The van der Waals surface area contributed by atoms with Crippen molar-refractivity contribution in [3.63, 3.8) is 0 Å². The molecule has 4 nitrogen and oxygen atoms in total. The van der Waals surface area contributed by atoms with Crippen molar-refractivity contribution in [3.8, 4) is 0 Å². The predicted octanol–water partition coefficient (Wildman–Crippen LogP) is 1.51. The molecule has 1 saturated heterocycles. The molecule has 1 atom stereocenters. The number of carboxylic acids is 1. The maximum absolute atomic E-state index is 11.3. The fraction of sp³-hybridized carbons (Fsp3) is 0.923. The zero-order valence-corrected chi connectivity index (χ0v) is 11.5. The van der Waals surface area contributed by atoms with Crippen molar-refractivity contribution in [2.75, 3.05) is 26.7 Å². The number of hydrogen-bond acceptors (Lipinski definition) is 3. The molecule has 1 aliphatic heterocycles. The molecule has 1 aliphatic rings. The first-order valence-corrected chi connectivity index (χ1v) is 6.64. The number of aliphatic carboxylic acids is 1. The van der Waals surface area contributed by atoms with E-state index in [9.17, 15) is 9.90 Å². The van der Waals surface area contributed by atoms with Crippen LogP contribution in [0.5, 0.6) is 0 Å². The van der Waals surface area contributed by atoms with E-state index in [0.29, 0.717) is 6.04 Å². The van der Waals surface area contributed by atoms with Gasteiger partial charge in [-0.05, 0) is 45.4 Å². The van der Waals surface area contributed by atoms with Gasteiger partial charge in [-0.2, -0.15) is 0 Å². The molecule has 17 heavy (non-hydrogen) atoms. The van der Waals surface area contributed by atoms with Crippen LogP contribution in [-0.4, -0.2) is 59.6 Å². The second kappa shape index (κ2) is 6.36. The van der Waals surface area contributed by atoms with E-state index in [1.54, 1.807) is 0 Å². The summed E-state index contributed by atoms with van der Waals surface area (Å²) in [5.74, 6) is -0.540. The van der Waals surface area contributed by atoms with Crippen molar-refractivity contribution in [2.45, 2.75) is 45.7 Å². The summed E-state index contributed by atoms with van der Waals surface area (Å²) in [7, 11) is 1.96. The monoisotopic (exact) mass is 242 g/mol. The number of carboxylic acid groups (broad SMARTS) is 1. The summed E-state index contributed by atoms with van der Waals surface area (Å²) in [5.41, 5.74) is 0. The molecule has 0 aromatic rings. The van der Waals surface area contributed by atoms with Gasteiger partial charge in [0.05, 0.1) is 0 Å². The van der Waals surface area contributed by atoms with Gasteiger partial charge in [-0.25, -0.2) is 0 Å². The summed E-state index contributed by atoms with van der Waals surface area (Å²) in [6.07, 6.45) is 2.17. The van der Waals surface area contributed by atoms with E-state index in [0.717, 1.165) is 32.5 Å². The van der Waals surface area contributed by atoms with Crippen molar-refractivity contribution in [2.24, 2.45) is 5.92 Å². The molecule has 0 radical (unpaired) electrons. The Morgan fingerprint density at radius 3 is 2.29 bits per heavy atom. The van der Waals surface area contributed by atoms with Gasteiger partial charge in [0.2, 0.25) is 0 Å². The van der Waals surface area contributed by atoms with Crippen LogP contribution in [0.1, 0.15) is 33.6 Å². The zero-order chi connectivity index (χ0) is 13.0. The Bertz CT molecular complexity index is 248. The van der Waals surface area contributed by atoms with E-state index < -0.39 is 5.97 Å². The molecule has 0 aliphatic carbocycles. The van der Waals surface area contributed by atoms with Gasteiger partial charge in [0.15, 0.2) is 0 Å². The molecular formula is C13H26N2O2. The molecule has 1 rings (SSSR count). The lowest BCUT2D eigenvalue weighted by molar-refractivity contribution is -0.145. The predicted molar refractivity (Wildman–Crippen MR) is 69.2 cm³/mol. The van der Waals surface area contributed by atoms with Crippen LogP contribution in [0, 0.1) is 5.92 Å². The smallest absolute Gasteiger partial charge is 0.321 e. The third-order valence-corrected chi connectivity index (χ3v) is 3.90. The third-order valence-electron chi connectivity index (χ3n) is 3.90. The van der Waals surface area contributed by atoms with Crippen molar-refractivity contribution in [1.82, 2.24) is 9.80 Å². The highest BCUT2D eigenvalue weighted by Crippen LogP contribution is 2.20. The van der Waals surface area contributed by atoms with E-state index >= 15 is 0 Å². The summed E-state index contributed by atoms with van der Waals surface area (Å²) >= 11 is 0. The first-order valence-electron chi connectivity index (χ1n) is 6.64. The van der Waals surface area contributed by atoms with Gasteiger partial charge in [0.1, 0.15) is 6.04 Å². The number of carbonyl (C=O) groups is 1. The van der Waals surface area contributed by atoms with Crippen molar-refractivity contribution in [1.29, 1.82) is 0 Å². The normalized spacial score (nSPS) is 21.1. The van der Waals surface area contributed by atoms with Crippen LogP contribution in [-0.2, 0) is 4.79 Å². The SMILES string of the molecule is CCN1CCC(N(C)C(C(=O)O)C(C)C)CC1. The molecule has 0 bridgehead atoms. The van der Waals surface area contributed by atoms with Gasteiger partial charge in [0, 0.05) is 6.04 Å². The molecule has 0 amide bonds. The first kappa shape index (κ1) is 14.5. The molecule has 1 unspecified atom stereocenters. The van der Waals surface area contributed by atoms with Crippen LogP contribution in [0.25, 0.3) is 0 Å². The fourth-order valence-corrected chi connectivity index (χ4v) is 2.80. The maximum Gasteiger partial charge on any atom is 0.321 e. The van der Waals surface area contributed by atoms with E-state index in [4.69, 9.17) is 0 Å². The molecule has 0 spiro atoms. The minimum atomic E-state index is -0.694. The standard InChI is InChI=1S/C13H26N2O2/c1-5-15-8-6-11(7-9-15)14(4)12(10(2)3)13(16)17/h10-12H,5-9H2,1-4H3,(H,16,17). The largest absolute Gasteiger partial charge is 0.480 e. The Labute approximate surface area is 105 Å². The second-order valence-electron chi connectivity index (χ2n) is 5.36. The van der Waals surface area contributed by atoms with Crippen molar-refractivity contribution in [3.05, 3.63) is 0 Å². The Hall–Kier alpha value is -0.610. The quantitative estimate of drug-likeness (QED) is 0.793. The number of nitrogens with zero attached hydrogens (tertiary/aromatic N) is 2. The minimum absolute atomic E-state index is 0.154. The van der Waals surface area contributed by atoms with Gasteiger partial charge >= 0.3 is 5.97 Å². The number of likely N-dealkylation sites (N-methyl/N-ethyl adjacent to an activating group) is 1. The van der Waals surface area contributed by atoms with Gasteiger partial charge in [-0.3, -0.25) is 9.69 Å². The molecular weight excluding hydrogens is 216 g/mol. The highest BCUT2D eigenvalue weighted by molar-refractivity contribution is 5.73. The lowest BCUT2D eigenvalue weighted by atomic mass is 9.97. The number of likely N-dealkylation sites (tertiary alicyclic amines) is 1. The fourth-order valence-electron chi connectivity index (χ4n) is 2.80. The number of rotatable bonds is 5. The summed E-state index contributed by atoms with van der Waals surface area (Å²) in [4.78, 5) is 15.8. The highest BCUT2D eigenvalue weighted by Gasteiger charge is 2.32. The summed E-state index contributed by atoms with van der Waals surface area (Å²) < 4.78 is 0. The van der Waals surface area contributed by atoms with Gasteiger partial charge in [-0.1, -0.05) is 20.8 Å². The van der Waals surface area contributed by atoms with E-state index in [1.807, 2.05) is 20.9 Å². The topological polar surface area (TPSA) is 43.8 Å². The Balaban J connectivity index is 2.57. The Morgan fingerprint density at radius 2 is 1.94 bits per heavy atom. The van der Waals surface area contributed by atoms with E-state index in [-0.39, 0.29) is 12.0 Å². The molecule has 0 saturated carbocycles. The second-order valence-corrected chi connectivity index (χ2v) is 5.36. The summed E-state index contributed by atoms with van der Waals surface area (Å²) in [6.45, 7) is 9.43. The van der Waals surface area contributed by atoms with Crippen LogP contribution in [0.15, 0.2) is 0 Å². The van der Waals surface area contributed by atoms with Gasteiger partial charge < -0.3 is 10.0 Å². The molecule has 1 N–H and O–H groups in total. The van der Waals surface area contributed by atoms with Crippen molar-refractivity contribution < 1.29 is 9.90 Å². The van der Waals surface area contributed by atoms with Gasteiger partial charge in [0.25, 0.3) is 0 Å². The summed E-state index contributed by atoms with van der Waals surface area (Å²) in [5, 5.41) is 9.29. The van der Waals surface area contributed by atoms with E-state index in [2.05, 4.69) is 16.7 Å². The molecule has 0 aromatic heterocycles. The lowest BCUT2D eigenvalue weighted by Crippen LogP contribution is -2.51. The Morgan fingerprint density at radius 1 is 1.41 bits per heavy atom.